The highest BCUT2D eigenvalue weighted by Crippen LogP contribution is 2.25. The van der Waals surface area contributed by atoms with Gasteiger partial charge in [-0.15, -0.1) is 11.3 Å². The molecule has 3 heterocycles. The molecule has 0 unspecified atom stereocenters. The first kappa shape index (κ1) is 17.2. The van der Waals surface area contributed by atoms with Gasteiger partial charge >= 0.3 is 0 Å². The molecule has 0 spiro atoms. The SMILES string of the molecule is Cc1noc(-c2cc(=O)n(CC(=O)NCc3cccs3)c3ccccc23)n1. The molecule has 0 saturated heterocycles. The zero-order valence-electron chi connectivity index (χ0n) is 14.5. The van der Waals surface area contributed by atoms with Crippen molar-refractivity contribution in [1.29, 1.82) is 0 Å². The summed E-state index contributed by atoms with van der Waals surface area (Å²) in [6, 6.07) is 12.7. The van der Waals surface area contributed by atoms with E-state index in [4.69, 9.17) is 4.52 Å². The minimum atomic E-state index is -0.300. The van der Waals surface area contributed by atoms with E-state index in [1.54, 1.807) is 24.3 Å². The summed E-state index contributed by atoms with van der Waals surface area (Å²) in [5.74, 6) is 0.554. The zero-order valence-corrected chi connectivity index (χ0v) is 15.3. The van der Waals surface area contributed by atoms with E-state index in [0.29, 0.717) is 23.4 Å². The topological polar surface area (TPSA) is 90.0 Å². The van der Waals surface area contributed by atoms with Crippen molar-refractivity contribution in [3.63, 3.8) is 0 Å². The van der Waals surface area contributed by atoms with Crippen molar-refractivity contribution in [3.05, 3.63) is 68.9 Å². The summed E-state index contributed by atoms with van der Waals surface area (Å²) in [5, 5.41) is 9.36. The van der Waals surface area contributed by atoms with Gasteiger partial charge in [0.1, 0.15) is 6.54 Å². The molecule has 7 nitrogen and oxygen atoms in total. The maximum absolute atomic E-state index is 12.7. The molecular formula is C19H16N4O3S. The summed E-state index contributed by atoms with van der Waals surface area (Å²) in [5.41, 5.74) is 0.902. The predicted molar refractivity (Wildman–Crippen MR) is 102 cm³/mol. The number of fused-ring (bicyclic) bond motifs is 1. The molecule has 136 valence electrons. The van der Waals surface area contributed by atoms with E-state index >= 15 is 0 Å². The van der Waals surface area contributed by atoms with E-state index in [9.17, 15) is 9.59 Å². The number of aryl methyl sites for hydroxylation is 1. The first-order valence-electron chi connectivity index (χ1n) is 8.34. The first-order valence-corrected chi connectivity index (χ1v) is 9.22. The van der Waals surface area contributed by atoms with E-state index in [2.05, 4.69) is 15.5 Å². The molecule has 0 saturated carbocycles. The third-order valence-corrected chi connectivity index (χ3v) is 4.99. The number of carbonyl (C=O) groups is 1. The second-order valence-electron chi connectivity index (χ2n) is 6.00. The summed E-state index contributed by atoms with van der Waals surface area (Å²) in [7, 11) is 0. The highest BCUT2D eigenvalue weighted by atomic mass is 32.1. The van der Waals surface area contributed by atoms with Crippen LogP contribution in [0.3, 0.4) is 0 Å². The van der Waals surface area contributed by atoms with Crippen LogP contribution in [0.5, 0.6) is 0 Å². The van der Waals surface area contributed by atoms with Gasteiger partial charge in [0.05, 0.1) is 17.6 Å². The van der Waals surface area contributed by atoms with Crippen molar-refractivity contribution in [1.82, 2.24) is 20.0 Å². The van der Waals surface area contributed by atoms with Gasteiger partial charge in [-0.2, -0.15) is 4.98 Å². The normalized spacial score (nSPS) is 11.0. The standard InChI is InChI=1S/C19H16N4O3S/c1-12-21-19(26-22-12)15-9-18(25)23(16-7-3-2-6-14(15)16)11-17(24)20-10-13-5-4-8-27-13/h2-9H,10-11H2,1H3,(H,20,24). The maximum atomic E-state index is 12.7. The van der Waals surface area contributed by atoms with Crippen LogP contribution in [0.4, 0.5) is 0 Å². The Labute approximate surface area is 158 Å². The van der Waals surface area contributed by atoms with Crippen LogP contribution in [0.2, 0.25) is 0 Å². The number of benzene rings is 1. The third kappa shape index (κ3) is 3.52. The zero-order chi connectivity index (χ0) is 18.8. The Bertz CT molecular complexity index is 1160. The van der Waals surface area contributed by atoms with E-state index in [1.165, 1.54) is 10.6 Å². The molecule has 27 heavy (non-hydrogen) atoms. The second kappa shape index (κ2) is 7.16. The van der Waals surface area contributed by atoms with Gasteiger partial charge in [0, 0.05) is 16.3 Å². The largest absolute Gasteiger partial charge is 0.350 e. The minimum absolute atomic E-state index is 0.0616. The number of nitrogens with one attached hydrogen (secondary N) is 1. The van der Waals surface area contributed by atoms with E-state index in [1.807, 2.05) is 35.7 Å². The van der Waals surface area contributed by atoms with E-state index < -0.39 is 0 Å². The number of hydrogen-bond acceptors (Lipinski definition) is 6. The molecule has 0 atom stereocenters. The molecule has 0 fully saturated rings. The van der Waals surface area contributed by atoms with Crippen LogP contribution in [-0.4, -0.2) is 20.6 Å². The highest BCUT2D eigenvalue weighted by molar-refractivity contribution is 7.09. The molecule has 4 rings (SSSR count). The molecule has 0 aliphatic heterocycles. The van der Waals surface area contributed by atoms with Crippen LogP contribution in [0.25, 0.3) is 22.4 Å². The number of para-hydroxylation sites is 1. The molecule has 0 aliphatic carbocycles. The average Bonchev–Trinajstić information content (AvgIpc) is 3.34. The van der Waals surface area contributed by atoms with Crippen LogP contribution in [0.15, 0.2) is 57.2 Å². The molecule has 0 aliphatic rings. The Morgan fingerprint density at radius 3 is 2.85 bits per heavy atom. The van der Waals surface area contributed by atoms with Gasteiger partial charge in [0.15, 0.2) is 5.82 Å². The smallest absolute Gasteiger partial charge is 0.258 e. The summed E-state index contributed by atoms with van der Waals surface area (Å²) in [4.78, 5) is 30.3. The number of thiophene rings is 1. The number of rotatable bonds is 5. The van der Waals surface area contributed by atoms with Crippen LogP contribution >= 0.6 is 11.3 Å². The number of nitrogens with zero attached hydrogens (tertiary/aromatic N) is 3. The Hall–Kier alpha value is -3.26. The molecule has 0 radical (unpaired) electrons. The molecule has 1 N–H and O–H groups in total. The minimum Gasteiger partial charge on any atom is -0.350 e. The number of pyridine rings is 1. The summed E-state index contributed by atoms with van der Waals surface area (Å²) in [6.45, 7) is 2.10. The molecule has 1 aromatic carbocycles. The number of amides is 1. The van der Waals surface area contributed by atoms with Crippen molar-refractivity contribution in [2.75, 3.05) is 0 Å². The van der Waals surface area contributed by atoms with Crippen LogP contribution in [-0.2, 0) is 17.9 Å². The van der Waals surface area contributed by atoms with Gasteiger partial charge in [0.25, 0.3) is 11.4 Å². The van der Waals surface area contributed by atoms with Gasteiger partial charge in [-0.05, 0) is 24.4 Å². The summed E-state index contributed by atoms with van der Waals surface area (Å²) >= 11 is 1.57. The number of carbonyl (C=O) groups excluding carboxylic acids is 1. The number of hydrogen-bond donors (Lipinski definition) is 1. The Morgan fingerprint density at radius 2 is 2.11 bits per heavy atom. The lowest BCUT2D eigenvalue weighted by molar-refractivity contribution is -0.121. The lowest BCUT2D eigenvalue weighted by Gasteiger charge is -2.12. The molecule has 0 bridgehead atoms. The molecule has 3 aromatic heterocycles. The van der Waals surface area contributed by atoms with Crippen molar-refractivity contribution >= 4 is 28.1 Å². The van der Waals surface area contributed by atoms with Crippen LogP contribution in [0, 0.1) is 6.92 Å². The summed E-state index contributed by atoms with van der Waals surface area (Å²) in [6.07, 6.45) is 0. The van der Waals surface area contributed by atoms with Gasteiger partial charge < -0.3 is 9.84 Å². The second-order valence-corrected chi connectivity index (χ2v) is 7.03. The van der Waals surface area contributed by atoms with Crippen molar-refractivity contribution in [2.45, 2.75) is 20.0 Å². The fraction of sp³-hybridized carbons (Fsp3) is 0.158. The lowest BCUT2D eigenvalue weighted by Crippen LogP contribution is -2.32. The quantitative estimate of drug-likeness (QED) is 0.575. The molecule has 8 heteroatoms. The maximum Gasteiger partial charge on any atom is 0.258 e. The van der Waals surface area contributed by atoms with Crippen molar-refractivity contribution < 1.29 is 9.32 Å². The third-order valence-electron chi connectivity index (χ3n) is 4.12. The van der Waals surface area contributed by atoms with Gasteiger partial charge in [-0.25, -0.2) is 0 Å². The molecular weight excluding hydrogens is 364 g/mol. The van der Waals surface area contributed by atoms with Crippen molar-refractivity contribution in [2.24, 2.45) is 0 Å². The monoisotopic (exact) mass is 380 g/mol. The fourth-order valence-electron chi connectivity index (χ4n) is 2.88. The predicted octanol–water partition coefficient (Wildman–Crippen LogP) is 2.74. The Balaban J connectivity index is 1.68. The fourth-order valence-corrected chi connectivity index (χ4v) is 3.52. The van der Waals surface area contributed by atoms with Gasteiger partial charge in [-0.3, -0.25) is 14.2 Å². The highest BCUT2D eigenvalue weighted by Gasteiger charge is 2.16. The van der Waals surface area contributed by atoms with Crippen LogP contribution < -0.4 is 10.9 Å². The Kier molecular flexibility index (Phi) is 4.55. The summed E-state index contributed by atoms with van der Waals surface area (Å²) < 4.78 is 6.68. The van der Waals surface area contributed by atoms with Gasteiger partial charge in [0.2, 0.25) is 5.91 Å². The lowest BCUT2D eigenvalue weighted by atomic mass is 10.1. The van der Waals surface area contributed by atoms with Gasteiger partial charge in [-0.1, -0.05) is 29.4 Å². The molecule has 4 aromatic rings. The molecule has 1 amide bonds. The Morgan fingerprint density at radius 1 is 1.26 bits per heavy atom. The van der Waals surface area contributed by atoms with Crippen molar-refractivity contribution in [3.8, 4) is 11.5 Å². The number of aromatic nitrogens is 3. The van der Waals surface area contributed by atoms with Crippen LogP contribution in [0.1, 0.15) is 10.7 Å². The van der Waals surface area contributed by atoms with E-state index in [-0.39, 0.29) is 23.9 Å². The van der Waals surface area contributed by atoms with E-state index in [0.717, 1.165) is 10.3 Å². The first-order chi connectivity index (χ1) is 13.1. The average molecular weight is 380 g/mol.